The summed E-state index contributed by atoms with van der Waals surface area (Å²) in [5, 5.41) is 7.25. The molecule has 0 spiro atoms. The molecule has 0 aromatic carbocycles. The smallest absolute Gasteiger partial charge is 0.247 e. The average Bonchev–Trinajstić information content (AvgIpc) is 3.09. The van der Waals surface area contributed by atoms with E-state index in [0.29, 0.717) is 5.82 Å². The molecule has 0 atom stereocenters. The number of pyridine rings is 2. The minimum atomic E-state index is -0.201. The number of nitrogens with zero attached hydrogens (tertiary/aromatic N) is 6. The largest absolute Gasteiger partial charge is 0.309 e. The molecule has 4 rings (SSSR count). The highest BCUT2D eigenvalue weighted by Gasteiger charge is 2.11. The van der Waals surface area contributed by atoms with E-state index in [2.05, 4.69) is 30.4 Å². The first kappa shape index (κ1) is 18.4. The third-order valence-electron chi connectivity index (χ3n) is 4.38. The van der Waals surface area contributed by atoms with Gasteiger partial charge in [-0.25, -0.2) is 15.0 Å². The van der Waals surface area contributed by atoms with Crippen molar-refractivity contribution in [3.05, 3.63) is 73.0 Å². The van der Waals surface area contributed by atoms with Gasteiger partial charge in [0.05, 0.1) is 5.69 Å². The Hall–Kier alpha value is -3.94. The molecule has 144 valence electrons. The van der Waals surface area contributed by atoms with Gasteiger partial charge in [0.15, 0.2) is 0 Å². The van der Waals surface area contributed by atoms with Crippen LogP contribution in [-0.2, 0) is 11.3 Å². The van der Waals surface area contributed by atoms with Crippen LogP contribution in [0.15, 0.2) is 61.6 Å². The molecule has 29 heavy (non-hydrogen) atoms. The topological polar surface area (TPSA) is 98.5 Å². The fourth-order valence-electron chi connectivity index (χ4n) is 3.01. The lowest BCUT2D eigenvalue weighted by molar-refractivity contribution is -0.116. The van der Waals surface area contributed by atoms with Gasteiger partial charge in [-0.05, 0) is 43.7 Å². The summed E-state index contributed by atoms with van der Waals surface area (Å²) in [6, 6.07) is 7.55. The quantitative estimate of drug-likeness (QED) is 0.567. The Kier molecular flexibility index (Phi) is 5.07. The van der Waals surface area contributed by atoms with Crippen molar-refractivity contribution in [1.82, 2.24) is 29.7 Å². The molecule has 1 N–H and O–H groups in total. The summed E-state index contributed by atoms with van der Waals surface area (Å²) in [5.41, 5.74) is 5.55. The monoisotopic (exact) mass is 385 g/mol. The van der Waals surface area contributed by atoms with Crippen molar-refractivity contribution in [1.29, 1.82) is 0 Å². The summed E-state index contributed by atoms with van der Waals surface area (Å²) >= 11 is 0. The zero-order valence-corrected chi connectivity index (χ0v) is 16.1. The molecular formula is C21H19N7O. The fourth-order valence-corrected chi connectivity index (χ4v) is 3.01. The Morgan fingerprint density at radius 2 is 1.83 bits per heavy atom. The fraction of sp³-hybridized carbons (Fsp3) is 0.143. The maximum absolute atomic E-state index is 12.4. The van der Waals surface area contributed by atoms with Crippen molar-refractivity contribution in [2.24, 2.45) is 0 Å². The van der Waals surface area contributed by atoms with Crippen LogP contribution >= 0.6 is 0 Å². The molecule has 8 nitrogen and oxygen atoms in total. The van der Waals surface area contributed by atoms with Crippen LogP contribution in [0.2, 0.25) is 0 Å². The SMILES string of the molecule is Cc1cc(-c2cn(CC(=O)Nc3ccc(-c4cncnc4)cn3)nc2C)ccn1. The molecule has 0 aliphatic carbocycles. The number of rotatable bonds is 5. The van der Waals surface area contributed by atoms with Gasteiger partial charge in [0.1, 0.15) is 18.7 Å². The first-order valence-electron chi connectivity index (χ1n) is 9.07. The highest BCUT2D eigenvalue weighted by atomic mass is 16.2. The third-order valence-corrected chi connectivity index (χ3v) is 4.38. The van der Waals surface area contributed by atoms with E-state index < -0.39 is 0 Å². The van der Waals surface area contributed by atoms with Gasteiger partial charge < -0.3 is 5.32 Å². The van der Waals surface area contributed by atoms with Crippen molar-refractivity contribution < 1.29 is 4.79 Å². The lowest BCUT2D eigenvalue weighted by atomic mass is 10.1. The van der Waals surface area contributed by atoms with Gasteiger partial charge in [-0.3, -0.25) is 14.5 Å². The van der Waals surface area contributed by atoms with Crippen LogP contribution in [0.5, 0.6) is 0 Å². The van der Waals surface area contributed by atoms with E-state index in [1.54, 1.807) is 35.5 Å². The van der Waals surface area contributed by atoms with Crippen LogP contribution in [0.25, 0.3) is 22.3 Å². The van der Waals surface area contributed by atoms with Crippen molar-refractivity contribution in [3.63, 3.8) is 0 Å². The minimum absolute atomic E-state index is 0.0981. The number of carbonyl (C=O) groups is 1. The van der Waals surface area contributed by atoms with Crippen LogP contribution in [0.4, 0.5) is 5.82 Å². The molecule has 0 fully saturated rings. The van der Waals surface area contributed by atoms with Crippen LogP contribution < -0.4 is 5.32 Å². The molecule has 0 unspecified atom stereocenters. The van der Waals surface area contributed by atoms with Gasteiger partial charge in [0.2, 0.25) is 5.91 Å². The van der Waals surface area contributed by atoms with E-state index >= 15 is 0 Å². The average molecular weight is 385 g/mol. The second kappa shape index (κ2) is 7.97. The number of hydrogen-bond acceptors (Lipinski definition) is 6. The molecule has 4 heterocycles. The summed E-state index contributed by atoms with van der Waals surface area (Å²) in [6.45, 7) is 3.97. The number of anilines is 1. The van der Waals surface area contributed by atoms with E-state index in [0.717, 1.165) is 33.6 Å². The molecule has 8 heteroatoms. The summed E-state index contributed by atoms with van der Waals surface area (Å²) < 4.78 is 1.63. The molecular weight excluding hydrogens is 366 g/mol. The van der Waals surface area contributed by atoms with Gasteiger partial charge >= 0.3 is 0 Å². The first-order valence-corrected chi connectivity index (χ1v) is 9.07. The highest BCUT2D eigenvalue weighted by molar-refractivity contribution is 5.89. The Balaban J connectivity index is 1.43. The molecule has 4 aromatic heterocycles. The van der Waals surface area contributed by atoms with Crippen LogP contribution in [0.3, 0.4) is 0 Å². The van der Waals surface area contributed by atoms with E-state index in [4.69, 9.17) is 0 Å². The standard InChI is InChI=1S/C21H19N7O/c1-14-7-16(5-6-24-14)19-11-28(27-15(19)2)12-21(29)26-20-4-3-17(10-25-20)18-8-22-13-23-9-18/h3-11,13H,12H2,1-2H3,(H,25,26,29). The maximum Gasteiger partial charge on any atom is 0.247 e. The molecule has 0 saturated carbocycles. The lowest BCUT2D eigenvalue weighted by Gasteiger charge is -2.06. The molecule has 0 bridgehead atoms. The van der Waals surface area contributed by atoms with Gasteiger partial charge in [-0.1, -0.05) is 0 Å². The zero-order valence-electron chi connectivity index (χ0n) is 16.1. The number of amides is 1. The van der Waals surface area contributed by atoms with Gasteiger partial charge in [-0.2, -0.15) is 5.10 Å². The molecule has 0 aliphatic rings. The first-order chi connectivity index (χ1) is 14.1. The summed E-state index contributed by atoms with van der Waals surface area (Å²) in [4.78, 5) is 28.9. The molecule has 4 aromatic rings. The third kappa shape index (κ3) is 4.32. The molecule has 0 saturated heterocycles. The van der Waals surface area contributed by atoms with E-state index in [1.165, 1.54) is 6.33 Å². The molecule has 1 amide bonds. The van der Waals surface area contributed by atoms with Gasteiger partial charge in [0.25, 0.3) is 0 Å². The van der Waals surface area contributed by atoms with Crippen molar-refractivity contribution in [3.8, 4) is 22.3 Å². The number of carbonyl (C=O) groups excluding carboxylic acids is 1. The Labute approximate surface area is 167 Å². The summed E-state index contributed by atoms with van der Waals surface area (Å²) in [6.07, 6.45) is 10.2. The lowest BCUT2D eigenvalue weighted by Crippen LogP contribution is -2.19. The number of nitrogens with one attached hydrogen (secondary N) is 1. The Morgan fingerprint density at radius 3 is 2.55 bits per heavy atom. The minimum Gasteiger partial charge on any atom is -0.309 e. The Morgan fingerprint density at radius 1 is 1.00 bits per heavy atom. The predicted octanol–water partition coefficient (Wildman–Crippen LogP) is 3.05. The van der Waals surface area contributed by atoms with Crippen molar-refractivity contribution in [2.45, 2.75) is 20.4 Å². The van der Waals surface area contributed by atoms with E-state index in [-0.39, 0.29) is 12.5 Å². The van der Waals surface area contributed by atoms with Crippen molar-refractivity contribution in [2.75, 3.05) is 5.32 Å². The molecule has 0 aliphatic heterocycles. The van der Waals surface area contributed by atoms with Gasteiger partial charge in [-0.15, -0.1) is 0 Å². The van der Waals surface area contributed by atoms with Crippen molar-refractivity contribution >= 4 is 11.7 Å². The second-order valence-corrected chi connectivity index (χ2v) is 6.62. The zero-order chi connectivity index (χ0) is 20.2. The number of aryl methyl sites for hydroxylation is 2. The molecule has 0 radical (unpaired) electrons. The summed E-state index contributed by atoms with van der Waals surface area (Å²) in [5.74, 6) is 0.276. The predicted molar refractivity (Wildman–Crippen MR) is 109 cm³/mol. The normalized spacial score (nSPS) is 10.7. The summed E-state index contributed by atoms with van der Waals surface area (Å²) in [7, 11) is 0. The number of aromatic nitrogens is 6. The van der Waals surface area contributed by atoms with Gasteiger partial charge in [0, 0.05) is 53.4 Å². The Bertz CT molecular complexity index is 1140. The number of hydrogen-bond donors (Lipinski definition) is 1. The second-order valence-electron chi connectivity index (χ2n) is 6.62. The van der Waals surface area contributed by atoms with Crippen LogP contribution in [-0.4, -0.2) is 35.6 Å². The van der Waals surface area contributed by atoms with E-state index in [1.807, 2.05) is 38.2 Å². The van der Waals surface area contributed by atoms with Crippen LogP contribution in [0.1, 0.15) is 11.4 Å². The van der Waals surface area contributed by atoms with Crippen LogP contribution in [0, 0.1) is 13.8 Å². The van der Waals surface area contributed by atoms with E-state index in [9.17, 15) is 4.79 Å². The highest BCUT2D eigenvalue weighted by Crippen LogP contribution is 2.22. The maximum atomic E-state index is 12.4.